The zero-order valence-electron chi connectivity index (χ0n) is 19.9. The molecular formula is C25H38OS2. The minimum atomic E-state index is -0.0517. The lowest BCUT2D eigenvalue weighted by Crippen LogP contribution is -2.17. The molecule has 0 radical (unpaired) electrons. The maximum absolute atomic E-state index is 13.9. The van der Waals surface area contributed by atoms with E-state index in [1.807, 2.05) is 0 Å². The van der Waals surface area contributed by atoms with Crippen molar-refractivity contribution in [1.82, 2.24) is 0 Å². The van der Waals surface area contributed by atoms with Gasteiger partial charge in [-0.2, -0.15) is 0 Å². The second-order valence-electron chi connectivity index (χ2n) is 12.0. The average Bonchev–Trinajstić information content (AvgIpc) is 3.09. The number of hydrogen-bond acceptors (Lipinski definition) is 3. The first kappa shape index (κ1) is 23.3. The lowest BCUT2D eigenvalue weighted by Gasteiger charge is -2.21. The second kappa shape index (κ2) is 7.09. The Kier molecular flexibility index (Phi) is 5.91. The molecule has 2 heterocycles. The van der Waals surface area contributed by atoms with Crippen LogP contribution in [0.5, 0.6) is 0 Å². The van der Waals surface area contributed by atoms with Crippen molar-refractivity contribution in [3.05, 3.63) is 42.8 Å². The van der Waals surface area contributed by atoms with Gasteiger partial charge in [0.1, 0.15) is 0 Å². The van der Waals surface area contributed by atoms with Crippen LogP contribution in [0.2, 0.25) is 0 Å². The smallest absolute Gasteiger partial charge is 0.195 e. The van der Waals surface area contributed by atoms with Crippen LogP contribution in [0.4, 0.5) is 0 Å². The molecule has 0 N–H and O–H groups in total. The number of ketones is 1. The highest BCUT2D eigenvalue weighted by Gasteiger charge is 2.33. The van der Waals surface area contributed by atoms with Crippen molar-refractivity contribution in [1.29, 1.82) is 0 Å². The molecule has 156 valence electrons. The first-order valence-electron chi connectivity index (χ1n) is 10.2. The van der Waals surface area contributed by atoms with Gasteiger partial charge in [0.2, 0.25) is 0 Å². The van der Waals surface area contributed by atoms with Gasteiger partial charge in [-0.05, 0) is 33.8 Å². The van der Waals surface area contributed by atoms with Crippen molar-refractivity contribution in [2.24, 2.45) is 0 Å². The van der Waals surface area contributed by atoms with Gasteiger partial charge in [-0.1, -0.05) is 83.1 Å². The summed E-state index contributed by atoms with van der Waals surface area (Å²) in [5.74, 6) is 0.188. The summed E-state index contributed by atoms with van der Waals surface area (Å²) in [4.78, 5) is 18.8. The molecule has 0 spiro atoms. The van der Waals surface area contributed by atoms with Gasteiger partial charge in [-0.15, -0.1) is 22.7 Å². The molecule has 0 saturated heterocycles. The summed E-state index contributed by atoms with van der Waals surface area (Å²) in [7, 11) is 0. The van der Waals surface area contributed by atoms with Crippen LogP contribution in [0.25, 0.3) is 0 Å². The average molecular weight is 419 g/mol. The molecule has 0 aliphatic rings. The summed E-state index contributed by atoms with van der Waals surface area (Å²) >= 11 is 3.61. The van der Waals surface area contributed by atoms with Crippen LogP contribution in [-0.2, 0) is 21.7 Å². The van der Waals surface area contributed by atoms with Crippen LogP contribution in [0, 0.1) is 0 Å². The predicted molar refractivity (Wildman–Crippen MR) is 127 cm³/mol. The van der Waals surface area contributed by atoms with Gasteiger partial charge < -0.3 is 0 Å². The van der Waals surface area contributed by atoms with Crippen LogP contribution in [0.15, 0.2) is 12.1 Å². The van der Waals surface area contributed by atoms with Crippen molar-refractivity contribution in [3.8, 4) is 0 Å². The summed E-state index contributed by atoms with van der Waals surface area (Å²) < 4.78 is 0. The maximum Gasteiger partial charge on any atom is 0.195 e. The van der Waals surface area contributed by atoms with E-state index in [4.69, 9.17) is 0 Å². The maximum atomic E-state index is 13.9. The Bertz CT molecular complexity index is 794. The monoisotopic (exact) mass is 418 g/mol. The Hall–Kier alpha value is -0.930. The molecule has 0 atom stereocenters. The molecule has 0 aliphatic heterocycles. The van der Waals surface area contributed by atoms with Gasteiger partial charge in [0, 0.05) is 30.6 Å². The van der Waals surface area contributed by atoms with E-state index in [1.165, 1.54) is 19.5 Å². The number of hydrogen-bond donors (Lipinski definition) is 0. The summed E-state index contributed by atoms with van der Waals surface area (Å²) in [6, 6.07) is 4.32. The molecule has 0 aliphatic carbocycles. The van der Waals surface area contributed by atoms with E-state index in [0.717, 1.165) is 11.1 Å². The van der Waals surface area contributed by atoms with E-state index >= 15 is 0 Å². The Morgan fingerprint density at radius 3 is 1.07 bits per heavy atom. The van der Waals surface area contributed by atoms with E-state index in [0.29, 0.717) is 0 Å². The molecule has 0 unspecified atom stereocenters. The van der Waals surface area contributed by atoms with Crippen molar-refractivity contribution in [2.45, 2.75) is 105 Å². The SMILES string of the molecule is CC(C)(C)c1cc(C(=O)c2cc(C(C)(C)C)sc2C(C)(C)C)c(C(C)(C)C)s1. The highest BCUT2D eigenvalue weighted by atomic mass is 32.1. The second-order valence-corrected chi connectivity index (χ2v) is 14.1. The van der Waals surface area contributed by atoms with Crippen LogP contribution in [0.1, 0.15) is 119 Å². The van der Waals surface area contributed by atoms with Gasteiger partial charge in [0.25, 0.3) is 0 Å². The predicted octanol–water partition coefficient (Wildman–Crippen LogP) is 8.23. The molecule has 0 amide bonds. The van der Waals surface area contributed by atoms with Crippen LogP contribution >= 0.6 is 22.7 Å². The highest BCUT2D eigenvalue weighted by Crippen LogP contribution is 2.43. The quantitative estimate of drug-likeness (QED) is 0.449. The third kappa shape index (κ3) is 4.79. The summed E-state index contributed by atoms with van der Waals surface area (Å²) in [5, 5.41) is 0. The van der Waals surface area contributed by atoms with Gasteiger partial charge in [-0.3, -0.25) is 4.79 Å². The van der Waals surface area contributed by atoms with E-state index in [9.17, 15) is 4.79 Å². The minimum absolute atomic E-state index is 0.0429. The molecule has 1 nitrogen and oxygen atoms in total. The van der Waals surface area contributed by atoms with Gasteiger partial charge in [0.15, 0.2) is 5.78 Å². The van der Waals surface area contributed by atoms with Crippen LogP contribution in [-0.4, -0.2) is 5.78 Å². The molecule has 2 aromatic rings. The fourth-order valence-corrected chi connectivity index (χ4v) is 5.66. The molecule has 0 bridgehead atoms. The van der Waals surface area contributed by atoms with E-state index < -0.39 is 0 Å². The molecule has 0 saturated carbocycles. The van der Waals surface area contributed by atoms with E-state index in [-0.39, 0.29) is 27.4 Å². The highest BCUT2D eigenvalue weighted by molar-refractivity contribution is 7.13. The van der Waals surface area contributed by atoms with Crippen molar-refractivity contribution < 1.29 is 4.79 Å². The molecule has 0 aromatic carbocycles. The van der Waals surface area contributed by atoms with Gasteiger partial charge in [-0.25, -0.2) is 0 Å². The van der Waals surface area contributed by atoms with E-state index in [1.54, 1.807) is 22.7 Å². The topological polar surface area (TPSA) is 17.1 Å². The standard InChI is InChI=1S/C25H38OS2/c1-22(2,3)17-13-15(20(27-17)24(7,8)9)19(26)16-14-18(23(4,5)6)28-21(16)25(10,11)12/h13-14H,1-12H3. The van der Waals surface area contributed by atoms with E-state index in [2.05, 4.69) is 95.2 Å². The molecule has 0 fully saturated rings. The lowest BCUT2D eigenvalue weighted by atomic mass is 9.84. The zero-order chi connectivity index (χ0) is 21.9. The van der Waals surface area contributed by atoms with Gasteiger partial charge >= 0.3 is 0 Å². The molecule has 3 heteroatoms. The number of carbonyl (C=O) groups excluding carboxylic acids is 1. The van der Waals surface area contributed by atoms with Crippen molar-refractivity contribution in [3.63, 3.8) is 0 Å². The Labute approximate surface area is 180 Å². The first-order chi connectivity index (χ1) is 12.3. The summed E-state index contributed by atoms with van der Waals surface area (Å²) in [6.07, 6.45) is 0. The Balaban J connectivity index is 2.73. The molecule has 28 heavy (non-hydrogen) atoms. The normalized spacial score (nSPS) is 13.9. The number of thiophene rings is 2. The fourth-order valence-electron chi connectivity index (χ4n) is 3.12. The summed E-state index contributed by atoms with van der Waals surface area (Å²) in [6.45, 7) is 26.6. The Morgan fingerprint density at radius 2 is 0.857 bits per heavy atom. The summed E-state index contributed by atoms with van der Waals surface area (Å²) in [5.41, 5.74) is 1.77. The van der Waals surface area contributed by atoms with Crippen molar-refractivity contribution >= 4 is 28.5 Å². The lowest BCUT2D eigenvalue weighted by molar-refractivity contribution is 0.103. The Morgan fingerprint density at radius 1 is 0.571 bits per heavy atom. The number of rotatable bonds is 2. The fraction of sp³-hybridized carbons (Fsp3) is 0.640. The number of carbonyl (C=O) groups is 1. The first-order valence-corrected chi connectivity index (χ1v) is 11.8. The molecular weight excluding hydrogens is 380 g/mol. The third-order valence-corrected chi connectivity index (χ3v) is 8.77. The zero-order valence-corrected chi connectivity index (χ0v) is 21.5. The van der Waals surface area contributed by atoms with Crippen molar-refractivity contribution in [2.75, 3.05) is 0 Å². The molecule has 2 rings (SSSR count). The molecule has 2 aromatic heterocycles. The van der Waals surface area contributed by atoms with Crippen LogP contribution in [0.3, 0.4) is 0 Å². The largest absolute Gasteiger partial charge is 0.289 e. The van der Waals surface area contributed by atoms with Gasteiger partial charge in [0.05, 0.1) is 0 Å². The minimum Gasteiger partial charge on any atom is -0.289 e. The third-order valence-electron chi connectivity index (χ3n) is 4.79. The van der Waals surface area contributed by atoms with Crippen LogP contribution < -0.4 is 0 Å².